The number of amides is 1. The highest BCUT2D eigenvalue weighted by atomic mass is 35.5. The zero-order valence-electron chi connectivity index (χ0n) is 21.9. The molecule has 14 heteroatoms. The van der Waals surface area contributed by atoms with Crippen LogP contribution >= 0.6 is 11.6 Å². The summed E-state index contributed by atoms with van der Waals surface area (Å²) in [5.74, 6) is 0.518. The molecule has 1 amide bonds. The minimum atomic E-state index is -0.483. The summed E-state index contributed by atoms with van der Waals surface area (Å²) in [4.78, 5) is 30.6. The molecule has 13 nitrogen and oxygen atoms in total. The second-order valence-electron chi connectivity index (χ2n) is 10.4. The first-order valence-corrected chi connectivity index (χ1v) is 13.5. The van der Waals surface area contributed by atoms with Crippen LogP contribution in [0.15, 0.2) is 42.5 Å². The lowest BCUT2D eigenvalue weighted by Gasteiger charge is -2.37. The molecular formula is C26H34ClN11O2. The highest BCUT2D eigenvalue weighted by molar-refractivity contribution is 6.32. The molecule has 3 heterocycles. The molecule has 2 fully saturated rings. The Bertz CT molecular complexity index is 1290. The molecule has 0 bridgehead atoms. The van der Waals surface area contributed by atoms with Crippen LogP contribution in [0.25, 0.3) is 0 Å². The Morgan fingerprint density at radius 3 is 1.82 bits per heavy atom. The van der Waals surface area contributed by atoms with Crippen LogP contribution in [0.4, 0.5) is 29.2 Å². The zero-order chi connectivity index (χ0) is 28.4. The topological polar surface area (TPSA) is 211 Å². The van der Waals surface area contributed by atoms with Crippen molar-refractivity contribution in [1.82, 2.24) is 15.0 Å². The number of aromatic hydroxyl groups is 1. The number of benzene rings is 2. The Balaban J connectivity index is 1.37. The Morgan fingerprint density at radius 1 is 0.800 bits per heavy atom. The third-order valence-corrected chi connectivity index (χ3v) is 7.14. The molecule has 0 saturated carbocycles. The van der Waals surface area contributed by atoms with Gasteiger partial charge in [-0.05, 0) is 49.2 Å². The quantitative estimate of drug-likeness (QED) is 0.222. The zero-order valence-corrected chi connectivity index (χ0v) is 22.6. The van der Waals surface area contributed by atoms with Gasteiger partial charge in [0.1, 0.15) is 5.75 Å². The van der Waals surface area contributed by atoms with Gasteiger partial charge in [-0.2, -0.15) is 15.0 Å². The molecule has 0 spiro atoms. The first-order valence-electron chi connectivity index (χ1n) is 13.1. The van der Waals surface area contributed by atoms with Gasteiger partial charge in [0.25, 0.3) is 5.91 Å². The van der Waals surface area contributed by atoms with E-state index in [-0.39, 0.29) is 40.5 Å². The maximum Gasteiger partial charge on any atom is 0.259 e. The van der Waals surface area contributed by atoms with Crippen molar-refractivity contribution in [3.8, 4) is 5.75 Å². The summed E-state index contributed by atoms with van der Waals surface area (Å²) in [6.07, 6.45) is 1.46. The molecule has 0 radical (unpaired) electrons. The summed E-state index contributed by atoms with van der Waals surface area (Å²) in [6, 6.07) is 11.2. The van der Waals surface area contributed by atoms with Crippen LogP contribution in [0.1, 0.15) is 23.2 Å². The van der Waals surface area contributed by atoms with Gasteiger partial charge >= 0.3 is 0 Å². The van der Waals surface area contributed by atoms with Gasteiger partial charge in [0.05, 0.1) is 10.6 Å². The van der Waals surface area contributed by atoms with Gasteiger partial charge in [-0.3, -0.25) is 4.79 Å². The molecule has 0 unspecified atom stereocenters. The van der Waals surface area contributed by atoms with Gasteiger partial charge in [0.15, 0.2) is 0 Å². The van der Waals surface area contributed by atoms with Crippen LogP contribution in [0.5, 0.6) is 5.75 Å². The number of carbonyl (C=O) groups excluding carboxylic acids is 1. The van der Waals surface area contributed by atoms with E-state index in [1.807, 2.05) is 9.80 Å². The van der Waals surface area contributed by atoms with E-state index in [4.69, 9.17) is 39.5 Å². The highest BCUT2D eigenvalue weighted by Gasteiger charge is 2.28. The predicted octanol–water partition coefficient (Wildman–Crippen LogP) is 0.956. The van der Waals surface area contributed by atoms with Crippen molar-refractivity contribution in [2.75, 3.05) is 46.6 Å². The highest BCUT2D eigenvalue weighted by Crippen LogP contribution is 2.28. The molecule has 5 rings (SSSR count). The maximum absolute atomic E-state index is 12.6. The normalized spacial score (nSPS) is 23.1. The standard InChI is InChI=1S/C26H34ClN11O2/c27-21-3-1-2-20(22(21)39)23(40)32-18-4-6-19(7-5-18)33-24-34-25(37-10-14(28)8-15(29)11-37)36-26(35-24)38-12-16(30)9-17(31)13-38/h1-7,14-17,39H,8-13,28-31H2,(H,32,40)(H,33,34,35,36)/t14-,15+,16-,17+. The van der Waals surface area contributed by atoms with E-state index in [0.29, 0.717) is 55.4 Å². The van der Waals surface area contributed by atoms with Crippen LogP contribution < -0.4 is 43.4 Å². The molecule has 2 aromatic carbocycles. The first-order chi connectivity index (χ1) is 19.1. The van der Waals surface area contributed by atoms with Gasteiger partial charge < -0.3 is 48.5 Å². The fourth-order valence-corrected chi connectivity index (χ4v) is 5.21. The third kappa shape index (κ3) is 6.51. The van der Waals surface area contributed by atoms with Gasteiger partial charge in [0.2, 0.25) is 17.8 Å². The molecule has 2 aliphatic heterocycles. The number of phenolic OH excluding ortho intramolecular Hbond substituents is 1. The molecular weight excluding hydrogens is 534 g/mol. The lowest BCUT2D eigenvalue weighted by molar-refractivity contribution is 0.102. The Hall–Kier alpha value is -3.75. The van der Waals surface area contributed by atoms with E-state index in [1.54, 1.807) is 30.3 Å². The number of piperidine rings is 2. The maximum atomic E-state index is 12.6. The van der Waals surface area contributed by atoms with Gasteiger partial charge in [0, 0.05) is 61.7 Å². The second-order valence-corrected chi connectivity index (χ2v) is 10.8. The van der Waals surface area contributed by atoms with E-state index >= 15 is 0 Å². The number of carbonyl (C=O) groups is 1. The van der Waals surface area contributed by atoms with Crippen molar-refractivity contribution in [2.24, 2.45) is 22.9 Å². The Kier molecular flexibility index (Phi) is 8.19. The Morgan fingerprint density at radius 2 is 1.30 bits per heavy atom. The molecule has 11 N–H and O–H groups in total. The lowest BCUT2D eigenvalue weighted by Crippen LogP contribution is -2.54. The molecule has 4 atom stereocenters. The predicted molar refractivity (Wildman–Crippen MR) is 156 cm³/mol. The average Bonchev–Trinajstić information content (AvgIpc) is 2.90. The molecule has 2 aliphatic rings. The van der Waals surface area contributed by atoms with Crippen molar-refractivity contribution in [2.45, 2.75) is 37.0 Å². The number of nitrogens with one attached hydrogen (secondary N) is 2. The molecule has 1 aromatic heterocycles. The van der Waals surface area contributed by atoms with Crippen molar-refractivity contribution in [3.05, 3.63) is 53.1 Å². The van der Waals surface area contributed by atoms with Crippen LogP contribution in [0.2, 0.25) is 5.02 Å². The monoisotopic (exact) mass is 567 g/mol. The van der Waals surface area contributed by atoms with E-state index < -0.39 is 5.91 Å². The van der Waals surface area contributed by atoms with Crippen LogP contribution in [-0.2, 0) is 0 Å². The van der Waals surface area contributed by atoms with Crippen molar-refractivity contribution in [3.63, 3.8) is 0 Å². The summed E-state index contributed by atoms with van der Waals surface area (Å²) in [7, 11) is 0. The summed E-state index contributed by atoms with van der Waals surface area (Å²) >= 11 is 5.92. The number of hydrogen-bond donors (Lipinski definition) is 7. The molecule has 40 heavy (non-hydrogen) atoms. The third-order valence-electron chi connectivity index (χ3n) is 6.84. The number of halogens is 1. The fourth-order valence-electron chi connectivity index (χ4n) is 5.04. The van der Waals surface area contributed by atoms with Gasteiger partial charge in [-0.25, -0.2) is 0 Å². The average molecular weight is 568 g/mol. The van der Waals surface area contributed by atoms with Crippen molar-refractivity contribution in [1.29, 1.82) is 0 Å². The number of nitrogens with two attached hydrogens (primary N) is 4. The summed E-state index contributed by atoms with van der Waals surface area (Å²) in [5, 5.41) is 16.2. The number of aromatic nitrogens is 3. The summed E-state index contributed by atoms with van der Waals surface area (Å²) in [6.45, 7) is 2.30. The molecule has 2 saturated heterocycles. The lowest BCUT2D eigenvalue weighted by atomic mass is 10.0. The van der Waals surface area contributed by atoms with E-state index in [2.05, 4.69) is 20.6 Å². The fraction of sp³-hybridized carbons (Fsp3) is 0.385. The number of nitrogens with zero attached hydrogens (tertiary/aromatic N) is 5. The van der Waals surface area contributed by atoms with Crippen LogP contribution in [0, 0.1) is 0 Å². The number of rotatable bonds is 6. The van der Waals surface area contributed by atoms with E-state index in [9.17, 15) is 9.90 Å². The SMILES string of the molecule is N[C@@H]1C[C@H](N)CN(c2nc(Nc3ccc(NC(=O)c4cccc(Cl)c4O)cc3)nc(N3C[C@H](N)C[C@H](N)C3)n2)C1. The molecule has 0 aliphatic carbocycles. The van der Waals surface area contributed by atoms with Crippen LogP contribution in [0.3, 0.4) is 0 Å². The number of phenols is 1. The van der Waals surface area contributed by atoms with Crippen molar-refractivity contribution >= 4 is 46.7 Å². The summed E-state index contributed by atoms with van der Waals surface area (Å²) < 4.78 is 0. The molecule has 212 valence electrons. The smallest absolute Gasteiger partial charge is 0.259 e. The molecule has 3 aromatic rings. The van der Waals surface area contributed by atoms with E-state index in [0.717, 1.165) is 12.8 Å². The van der Waals surface area contributed by atoms with Crippen LogP contribution in [-0.4, -0.2) is 76.3 Å². The minimum Gasteiger partial charge on any atom is -0.506 e. The first kappa shape index (κ1) is 27.8. The Labute approximate surface area is 236 Å². The van der Waals surface area contributed by atoms with Gasteiger partial charge in [-0.1, -0.05) is 17.7 Å². The largest absolute Gasteiger partial charge is 0.506 e. The number of anilines is 5. The van der Waals surface area contributed by atoms with Gasteiger partial charge in [-0.15, -0.1) is 0 Å². The number of para-hydroxylation sites is 1. The van der Waals surface area contributed by atoms with Crippen molar-refractivity contribution < 1.29 is 9.90 Å². The second kappa shape index (κ2) is 11.8. The summed E-state index contributed by atoms with van der Waals surface area (Å²) in [5.41, 5.74) is 26.2. The minimum absolute atomic E-state index is 0.0780. The van der Waals surface area contributed by atoms with E-state index in [1.165, 1.54) is 12.1 Å². The number of hydrogen-bond acceptors (Lipinski definition) is 12.